The van der Waals surface area contributed by atoms with E-state index in [4.69, 9.17) is 4.74 Å². The summed E-state index contributed by atoms with van der Waals surface area (Å²) < 4.78 is 5.78. The summed E-state index contributed by atoms with van der Waals surface area (Å²) in [6.45, 7) is 5.25. The van der Waals surface area contributed by atoms with Gasteiger partial charge in [-0.15, -0.1) is 11.8 Å². The normalized spacial score (nSPS) is 16.7. The van der Waals surface area contributed by atoms with Crippen LogP contribution in [0, 0.1) is 0 Å². The van der Waals surface area contributed by atoms with Crippen molar-refractivity contribution in [3.63, 3.8) is 0 Å². The second-order valence-corrected chi connectivity index (χ2v) is 13.9. The molecule has 0 bridgehead atoms. The maximum absolute atomic E-state index is 13.7. The summed E-state index contributed by atoms with van der Waals surface area (Å²) in [4.78, 5) is 58.7. The number of hydrogen-bond acceptors (Lipinski definition) is 9. The van der Waals surface area contributed by atoms with Gasteiger partial charge in [-0.3, -0.25) is 24.2 Å². The highest BCUT2D eigenvalue weighted by atomic mass is 32.2. The fourth-order valence-electron chi connectivity index (χ4n) is 5.01. The van der Waals surface area contributed by atoms with Crippen LogP contribution in [0.2, 0.25) is 0 Å². The number of benzene rings is 2. The third kappa shape index (κ3) is 9.60. The van der Waals surface area contributed by atoms with E-state index in [0.29, 0.717) is 11.5 Å². The average Bonchev–Trinajstić information content (AvgIpc) is 3.53. The first-order valence-corrected chi connectivity index (χ1v) is 17.5. The fourth-order valence-corrected chi connectivity index (χ4v) is 6.74. The van der Waals surface area contributed by atoms with Gasteiger partial charge in [0.2, 0.25) is 11.8 Å². The SMILES string of the molecule is CSC[C@@H](NC(=O)COc1cccc2cnccc12)C(=O)N[C@H](Cc1ccccc1)[C@@H](O)C(=O)N1CSC[C@H]1C(=O)NC(C)(C)C. The molecule has 1 aromatic heterocycles. The van der Waals surface area contributed by atoms with Gasteiger partial charge >= 0.3 is 0 Å². The van der Waals surface area contributed by atoms with E-state index in [9.17, 15) is 24.3 Å². The van der Waals surface area contributed by atoms with Gasteiger partial charge in [0.15, 0.2) is 12.7 Å². The molecule has 1 fully saturated rings. The van der Waals surface area contributed by atoms with Gasteiger partial charge in [-0.1, -0.05) is 42.5 Å². The topological polar surface area (TPSA) is 150 Å². The molecule has 0 spiro atoms. The summed E-state index contributed by atoms with van der Waals surface area (Å²) in [5.74, 6) is -0.602. The van der Waals surface area contributed by atoms with Gasteiger partial charge in [0.1, 0.15) is 17.8 Å². The number of fused-ring (bicyclic) bond motifs is 1. The predicted octanol–water partition coefficient (Wildman–Crippen LogP) is 2.37. The number of nitrogens with one attached hydrogen (secondary N) is 3. The van der Waals surface area contributed by atoms with Crippen molar-refractivity contribution in [1.82, 2.24) is 25.8 Å². The van der Waals surface area contributed by atoms with Gasteiger partial charge in [-0.25, -0.2) is 0 Å². The highest BCUT2D eigenvalue weighted by Crippen LogP contribution is 2.25. The van der Waals surface area contributed by atoms with Crippen LogP contribution in [0.1, 0.15) is 26.3 Å². The van der Waals surface area contributed by atoms with Gasteiger partial charge < -0.3 is 30.7 Å². The Kier molecular flexibility index (Phi) is 12.3. The van der Waals surface area contributed by atoms with Gasteiger partial charge in [0.05, 0.1) is 11.9 Å². The number of carbonyl (C=O) groups is 4. The molecule has 246 valence electrons. The zero-order valence-corrected chi connectivity index (χ0v) is 28.0. The Morgan fingerprint density at radius 2 is 1.85 bits per heavy atom. The third-order valence-corrected chi connectivity index (χ3v) is 8.89. The van der Waals surface area contributed by atoms with Gasteiger partial charge in [-0.05, 0) is 51.1 Å². The first-order chi connectivity index (χ1) is 22.0. The first kappa shape index (κ1) is 35.1. The second kappa shape index (κ2) is 16.1. The van der Waals surface area contributed by atoms with Crippen molar-refractivity contribution in [3.8, 4) is 5.75 Å². The molecule has 0 unspecified atom stereocenters. The minimum Gasteiger partial charge on any atom is -0.483 e. The lowest BCUT2D eigenvalue weighted by atomic mass is 9.99. The molecule has 0 aliphatic carbocycles. The maximum Gasteiger partial charge on any atom is 0.258 e. The minimum atomic E-state index is -1.64. The third-order valence-electron chi connectivity index (χ3n) is 7.21. The lowest BCUT2D eigenvalue weighted by molar-refractivity contribution is -0.147. The number of ether oxygens (including phenoxy) is 1. The number of nitrogens with zero attached hydrogens (tertiary/aromatic N) is 2. The minimum absolute atomic E-state index is 0.151. The Morgan fingerprint density at radius 1 is 1.09 bits per heavy atom. The molecule has 1 aliphatic rings. The Balaban J connectivity index is 1.46. The van der Waals surface area contributed by atoms with E-state index in [2.05, 4.69) is 20.9 Å². The highest BCUT2D eigenvalue weighted by molar-refractivity contribution is 7.99. The van der Waals surface area contributed by atoms with Gasteiger partial charge in [0, 0.05) is 40.2 Å². The molecule has 46 heavy (non-hydrogen) atoms. The number of hydrogen-bond donors (Lipinski definition) is 4. The Bertz CT molecular complexity index is 1510. The van der Waals surface area contributed by atoms with E-state index in [1.807, 2.05) is 57.2 Å². The van der Waals surface area contributed by atoms with Crippen LogP contribution >= 0.6 is 23.5 Å². The number of pyridine rings is 1. The quantitative estimate of drug-likeness (QED) is 0.216. The van der Waals surface area contributed by atoms with E-state index in [1.165, 1.54) is 28.4 Å². The van der Waals surface area contributed by atoms with Crippen molar-refractivity contribution >= 4 is 57.9 Å². The smallest absolute Gasteiger partial charge is 0.258 e. The van der Waals surface area contributed by atoms with Crippen LogP contribution in [0.15, 0.2) is 67.0 Å². The van der Waals surface area contributed by atoms with Crippen molar-refractivity contribution < 1.29 is 29.0 Å². The molecular weight excluding hydrogens is 627 g/mol. The molecule has 2 heterocycles. The maximum atomic E-state index is 13.7. The summed E-state index contributed by atoms with van der Waals surface area (Å²) in [6.07, 6.45) is 3.67. The summed E-state index contributed by atoms with van der Waals surface area (Å²) in [5.41, 5.74) is 0.303. The van der Waals surface area contributed by atoms with Crippen LogP contribution in [0.5, 0.6) is 5.75 Å². The van der Waals surface area contributed by atoms with Crippen molar-refractivity contribution in [2.24, 2.45) is 0 Å². The zero-order valence-electron chi connectivity index (χ0n) is 26.4. The summed E-state index contributed by atoms with van der Waals surface area (Å²) >= 11 is 2.78. The molecule has 4 amide bonds. The molecule has 13 heteroatoms. The summed E-state index contributed by atoms with van der Waals surface area (Å²) in [6, 6.07) is 13.7. The van der Waals surface area contributed by atoms with E-state index >= 15 is 0 Å². The molecular formula is C33H41N5O6S2. The predicted molar refractivity (Wildman–Crippen MR) is 181 cm³/mol. The lowest BCUT2D eigenvalue weighted by Gasteiger charge is -2.32. The van der Waals surface area contributed by atoms with Crippen LogP contribution in [-0.4, -0.2) is 98.6 Å². The lowest BCUT2D eigenvalue weighted by Crippen LogP contribution is -2.59. The highest BCUT2D eigenvalue weighted by Gasteiger charge is 2.41. The number of carbonyl (C=O) groups excluding carboxylic acids is 4. The van der Waals surface area contributed by atoms with Crippen molar-refractivity contribution in [2.75, 3.05) is 30.2 Å². The largest absolute Gasteiger partial charge is 0.483 e. The van der Waals surface area contributed by atoms with Crippen LogP contribution in [0.3, 0.4) is 0 Å². The molecule has 4 rings (SSSR count). The van der Waals surface area contributed by atoms with E-state index in [0.717, 1.165) is 16.3 Å². The van der Waals surface area contributed by atoms with Crippen LogP contribution in [0.4, 0.5) is 0 Å². The van der Waals surface area contributed by atoms with Crippen molar-refractivity contribution in [2.45, 2.75) is 57.0 Å². The molecule has 2 aromatic carbocycles. The van der Waals surface area contributed by atoms with Crippen LogP contribution < -0.4 is 20.7 Å². The van der Waals surface area contributed by atoms with E-state index < -0.39 is 47.5 Å². The van der Waals surface area contributed by atoms with Crippen molar-refractivity contribution in [1.29, 1.82) is 0 Å². The number of aliphatic hydroxyl groups excluding tert-OH is 1. The Hall–Kier alpha value is -3.81. The molecule has 0 saturated carbocycles. The Labute approximate surface area is 277 Å². The molecule has 11 nitrogen and oxygen atoms in total. The molecule has 3 aromatic rings. The number of thioether (sulfide) groups is 2. The number of aliphatic hydroxyl groups is 1. The molecule has 0 radical (unpaired) electrons. The fraction of sp³-hybridized carbons (Fsp3) is 0.424. The van der Waals surface area contributed by atoms with Gasteiger partial charge in [-0.2, -0.15) is 11.8 Å². The van der Waals surface area contributed by atoms with E-state index in [-0.39, 0.29) is 30.6 Å². The molecule has 1 saturated heterocycles. The Morgan fingerprint density at radius 3 is 2.57 bits per heavy atom. The number of amides is 4. The molecule has 4 N–H and O–H groups in total. The van der Waals surface area contributed by atoms with E-state index in [1.54, 1.807) is 36.8 Å². The monoisotopic (exact) mass is 667 g/mol. The molecule has 1 aliphatic heterocycles. The van der Waals surface area contributed by atoms with Crippen LogP contribution in [0.25, 0.3) is 10.8 Å². The standard InChI is InChI=1S/C33H41N5O6S2/c1-33(2,3)37-31(42)26-19-46-20-38(26)32(43)29(40)24(15-21-9-6-5-7-10-21)36-30(41)25(18-45-4)35-28(39)17-44-27-12-8-11-22-16-34-14-13-23(22)27/h5-14,16,24-26,29,40H,15,17-20H2,1-4H3,(H,35,39)(H,36,41)(H,37,42)/t24-,25-,26+,29-/m1/s1. The summed E-state index contributed by atoms with van der Waals surface area (Å²) in [5, 5.41) is 21.5. The van der Waals surface area contributed by atoms with Crippen LogP contribution in [-0.2, 0) is 25.6 Å². The second-order valence-electron chi connectivity index (χ2n) is 12.0. The summed E-state index contributed by atoms with van der Waals surface area (Å²) in [7, 11) is 0. The number of aromatic nitrogens is 1. The zero-order chi connectivity index (χ0) is 33.3. The van der Waals surface area contributed by atoms with Crippen molar-refractivity contribution in [3.05, 3.63) is 72.6 Å². The number of rotatable bonds is 13. The van der Waals surface area contributed by atoms with Gasteiger partial charge in [0.25, 0.3) is 11.8 Å². The molecule has 4 atom stereocenters. The average molecular weight is 668 g/mol. The first-order valence-electron chi connectivity index (χ1n) is 14.9.